The van der Waals surface area contributed by atoms with Crippen molar-refractivity contribution in [3.8, 4) is 0 Å². The van der Waals surface area contributed by atoms with E-state index in [1.807, 2.05) is 24.3 Å². The lowest BCUT2D eigenvalue weighted by atomic mass is 10.0. The lowest BCUT2D eigenvalue weighted by Crippen LogP contribution is -2.44. The number of halogens is 1. The van der Waals surface area contributed by atoms with Gasteiger partial charge in [-0.1, -0.05) is 30.7 Å². The summed E-state index contributed by atoms with van der Waals surface area (Å²) >= 11 is 11.3. The molecule has 2 N–H and O–H groups in total. The molecule has 0 fully saturated rings. The fourth-order valence-corrected chi connectivity index (χ4v) is 1.68. The zero-order valence-corrected chi connectivity index (χ0v) is 11.4. The molecule has 0 spiro atoms. The lowest BCUT2D eigenvalue weighted by molar-refractivity contribution is 0.448. The largest absolute Gasteiger partial charge is 0.358 e. The number of hydrogen-bond acceptors (Lipinski definition) is 1. The van der Waals surface area contributed by atoms with Gasteiger partial charge in [-0.2, -0.15) is 0 Å². The first-order valence-corrected chi connectivity index (χ1v) is 6.07. The summed E-state index contributed by atoms with van der Waals surface area (Å²) in [7, 11) is 0. The van der Waals surface area contributed by atoms with Gasteiger partial charge in [0, 0.05) is 5.54 Å². The molecule has 4 heteroatoms. The summed E-state index contributed by atoms with van der Waals surface area (Å²) in [6, 6.07) is 7.54. The molecule has 1 rings (SSSR count). The Kier molecular flexibility index (Phi) is 4.56. The third-order valence-corrected chi connectivity index (χ3v) is 2.99. The van der Waals surface area contributed by atoms with E-state index in [1.54, 1.807) is 0 Å². The zero-order valence-electron chi connectivity index (χ0n) is 9.80. The van der Waals surface area contributed by atoms with Crippen molar-refractivity contribution in [2.24, 2.45) is 0 Å². The second-order valence-electron chi connectivity index (χ2n) is 4.30. The van der Waals surface area contributed by atoms with Crippen LogP contribution in [0.15, 0.2) is 24.3 Å². The summed E-state index contributed by atoms with van der Waals surface area (Å²) in [5.41, 5.74) is 0.819. The highest BCUT2D eigenvalue weighted by Crippen LogP contribution is 2.20. The highest BCUT2D eigenvalue weighted by atomic mass is 35.5. The Bertz CT molecular complexity index is 377. The highest BCUT2D eigenvalue weighted by molar-refractivity contribution is 7.80. The molecule has 0 radical (unpaired) electrons. The van der Waals surface area contributed by atoms with Crippen LogP contribution in [0.3, 0.4) is 0 Å². The first kappa shape index (κ1) is 13.3. The second-order valence-corrected chi connectivity index (χ2v) is 5.11. The van der Waals surface area contributed by atoms with Crippen LogP contribution in [0.2, 0.25) is 5.02 Å². The minimum absolute atomic E-state index is 0.00859. The van der Waals surface area contributed by atoms with E-state index < -0.39 is 0 Å². The highest BCUT2D eigenvalue weighted by Gasteiger charge is 2.15. The van der Waals surface area contributed by atoms with Gasteiger partial charge in [-0.15, -0.1) is 0 Å². The summed E-state index contributed by atoms with van der Waals surface area (Å²) in [6.45, 7) is 6.33. The van der Waals surface area contributed by atoms with Crippen LogP contribution in [0.5, 0.6) is 0 Å². The zero-order chi connectivity index (χ0) is 12.2. The van der Waals surface area contributed by atoms with Crippen LogP contribution < -0.4 is 10.6 Å². The van der Waals surface area contributed by atoms with Crippen LogP contribution in [-0.2, 0) is 0 Å². The normalized spacial score (nSPS) is 11.0. The van der Waals surface area contributed by atoms with Crippen molar-refractivity contribution in [2.45, 2.75) is 32.7 Å². The van der Waals surface area contributed by atoms with Gasteiger partial charge in [-0.05, 0) is 44.6 Å². The quantitative estimate of drug-likeness (QED) is 0.804. The van der Waals surface area contributed by atoms with Gasteiger partial charge < -0.3 is 10.6 Å². The predicted molar refractivity (Wildman–Crippen MR) is 75.2 cm³/mol. The van der Waals surface area contributed by atoms with E-state index in [2.05, 4.69) is 31.4 Å². The molecular formula is C12H17ClN2S. The molecule has 0 aliphatic carbocycles. The average molecular weight is 257 g/mol. The summed E-state index contributed by atoms with van der Waals surface area (Å²) in [4.78, 5) is 0. The molecule has 0 aliphatic rings. The van der Waals surface area contributed by atoms with Crippen LogP contribution in [0, 0.1) is 0 Å². The van der Waals surface area contributed by atoms with E-state index in [4.69, 9.17) is 23.8 Å². The van der Waals surface area contributed by atoms with Gasteiger partial charge in [-0.25, -0.2) is 0 Å². The lowest BCUT2D eigenvalue weighted by Gasteiger charge is -2.26. The van der Waals surface area contributed by atoms with Crippen molar-refractivity contribution in [3.05, 3.63) is 29.3 Å². The Morgan fingerprint density at radius 1 is 1.38 bits per heavy atom. The first-order valence-electron chi connectivity index (χ1n) is 5.28. The van der Waals surface area contributed by atoms with Crippen molar-refractivity contribution in [2.75, 3.05) is 5.32 Å². The van der Waals surface area contributed by atoms with Gasteiger partial charge in [-0.3, -0.25) is 0 Å². The van der Waals surface area contributed by atoms with Crippen LogP contribution in [-0.4, -0.2) is 10.7 Å². The monoisotopic (exact) mass is 256 g/mol. The van der Waals surface area contributed by atoms with Gasteiger partial charge in [0.2, 0.25) is 0 Å². The van der Waals surface area contributed by atoms with Crippen molar-refractivity contribution >= 4 is 34.6 Å². The third kappa shape index (κ3) is 3.99. The smallest absolute Gasteiger partial charge is 0.171 e. The van der Waals surface area contributed by atoms with Crippen molar-refractivity contribution in [1.82, 2.24) is 5.32 Å². The second kappa shape index (κ2) is 5.51. The Hall–Kier alpha value is -0.800. The standard InChI is InChI=1S/C12H17ClN2S/c1-4-12(2,3)15-11(16)14-10-8-6-5-7-9(10)13/h5-8H,4H2,1-3H3,(H2,14,15,16). The summed E-state index contributed by atoms with van der Waals surface area (Å²) in [6.07, 6.45) is 0.997. The van der Waals surface area contributed by atoms with E-state index in [1.165, 1.54) is 0 Å². The molecule has 0 amide bonds. The molecule has 2 nitrogen and oxygen atoms in total. The number of nitrogens with one attached hydrogen (secondary N) is 2. The molecule has 0 heterocycles. The first-order chi connectivity index (χ1) is 7.44. The maximum absolute atomic E-state index is 6.02. The van der Waals surface area contributed by atoms with E-state index in [0.29, 0.717) is 10.1 Å². The van der Waals surface area contributed by atoms with Crippen molar-refractivity contribution < 1.29 is 0 Å². The number of anilines is 1. The number of para-hydroxylation sites is 1. The molecule has 0 saturated carbocycles. The van der Waals surface area contributed by atoms with Gasteiger partial charge in [0.05, 0.1) is 10.7 Å². The van der Waals surface area contributed by atoms with E-state index >= 15 is 0 Å². The molecule has 0 aliphatic heterocycles. The molecule has 16 heavy (non-hydrogen) atoms. The van der Waals surface area contributed by atoms with Crippen LogP contribution >= 0.6 is 23.8 Å². The summed E-state index contributed by atoms with van der Waals surface area (Å²) < 4.78 is 0. The molecule has 1 aromatic rings. The van der Waals surface area contributed by atoms with Crippen molar-refractivity contribution in [3.63, 3.8) is 0 Å². The molecule has 1 aromatic carbocycles. The van der Waals surface area contributed by atoms with Gasteiger partial charge in [0.15, 0.2) is 5.11 Å². The minimum Gasteiger partial charge on any atom is -0.358 e. The van der Waals surface area contributed by atoms with Gasteiger partial charge >= 0.3 is 0 Å². The fourth-order valence-electron chi connectivity index (χ4n) is 1.11. The molecule has 0 saturated heterocycles. The Morgan fingerprint density at radius 2 is 2.00 bits per heavy atom. The molecular weight excluding hydrogens is 240 g/mol. The van der Waals surface area contributed by atoms with E-state index in [9.17, 15) is 0 Å². The SMILES string of the molecule is CCC(C)(C)NC(=S)Nc1ccccc1Cl. The molecule has 0 atom stereocenters. The van der Waals surface area contributed by atoms with Crippen LogP contribution in [0.4, 0.5) is 5.69 Å². The number of thiocarbonyl (C=S) groups is 1. The summed E-state index contributed by atoms with van der Waals surface area (Å²) in [5.74, 6) is 0. The topological polar surface area (TPSA) is 24.1 Å². The Balaban J connectivity index is 2.62. The van der Waals surface area contributed by atoms with Gasteiger partial charge in [0.25, 0.3) is 0 Å². The summed E-state index contributed by atoms with van der Waals surface area (Å²) in [5, 5.41) is 7.60. The average Bonchev–Trinajstić information content (AvgIpc) is 2.21. The number of rotatable bonds is 3. The number of hydrogen-bond donors (Lipinski definition) is 2. The molecule has 0 bridgehead atoms. The minimum atomic E-state index is -0.00859. The Labute approximate surface area is 107 Å². The van der Waals surface area contributed by atoms with E-state index in [-0.39, 0.29) is 5.54 Å². The number of benzene rings is 1. The fraction of sp³-hybridized carbons (Fsp3) is 0.417. The van der Waals surface area contributed by atoms with Crippen LogP contribution in [0.1, 0.15) is 27.2 Å². The van der Waals surface area contributed by atoms with E-state index in [0.717, 1.165) is 12.1 Å². The van der Waals surface area contributed by atoms with Crippen molar-refractivity contribution in [1.29, 1.82) is 0 Å². The van der Waals surface area contributed by atoms with Gasteiger partial charge in [0.1, 0.15) is 0 Å². The predicted octanol–water partition coefficient (Wildman–Crippen LogP) is 3.82. The van der Waals surface area contributed by atoms with Crippen LogP contribution in [0.25, 0.3) is 0 Å². The maximum Gasteiger partial charge on any atom is 0.171 e. The third-order valence-electron chi connectivity index (χ3n) is 2.46. The molecule has 88 valence electrons. The molecule has 0 unspecified atom stereocenters. The Morgan fingerprint density at radius 3 is 2.56 bits per heavy atom. The molecule has 0 aromatic heterocycles. The maximum atomic E-state index is 6.02.